The first-order valence-corrected chi connectivity index (χ1v) is 7.74. The maximum Gasteiger partial charge on any atom is 0.147 e. The van der Waals surface area contributed by atoms with Crippen molar-refractivity contribution in [2.24, 2.45) is 0 Å². The van der Waals surface area contributed by atoms with Gasteiger partial charge in [-0.2, -0.15) is 5.10 Å². The van der Waals surface area contributed by atoms with Crippen LogP contribution in [0.5, 0.6) is 0 Å². The molecule has 0 amide bonds. The molecular weight excluding hydrogens is 280 g/mol. The molecule has 1 aliphatic heterocycles. The van der Waals surface area contributed by atoms with Gasteiger partial charge in [0.05, 0.1) is 12.3 Å². The summed E-state index contributed by atoms with van der Waals surface area (Å²) in [6, 6.07) is 2.03. The summed E-state index contributed by atoms with van der Waals surface area (Å²) >= 11 is 0. The van der Waals surface area contributed by atoms with Crippen LogP contribution in [-0.4, -0.2) is 44.5 Å². The first kappa shape index (κ1) is 14.9. The molecular formula is C15H22N6O. The molecule has 2 aromatic rings. The van der Waals surface area contributed by atoms with E-state index in [9.17, 15) is 0 Å². The van der Waals surface area contributed by atoms with Gasteiger partial charge < -0.3 is 10.1 Å². The Bertz CT molecular complexity index is 620. The molecule has 1 fully saturated rings. The van der Waals surface area contributed by atoms with E-state index in [2.05, 4.69) is 25.4 Å². The Balaban J connectivity index is 1.49. The van der Waals surface area contributed by atoms with Crippen LogP contribution in [0.15, 0.2) is 12.4 Å². The predicted octanol–water partition coefficient (Wildman–Crippen LogP) is 1.69. The Morgan fingerprint density at radius 2 is 2.27 bits per heavy atom. The van der Waals surface area contributed by atoms with Crippen LogP contribution in [0.1, 0.15) is 36.1 Å². The molecule has 3 heterocycles. The van der Waals surface area contributed by atoms with Gasteiger partial charge in [0.2, 0.25) is 0 Å². The number of nitrogens with one attached hydrogen (secondary N) is 1. The maximum absolute atomic E-state index is 5.42. The molecule has 7 heteroatoms. The van der Waals surface area contributed by atoms with Gasteiger partial charge >= 0.3 is 0 Å². The average molecular weight is 302 g/mol. The first-order valence-electron chi connectivity index (χ1n) is 7.74. The van der Waals surface area contributed by atoms with Gasteiger partial charge in [-0.05, 0) is 26.7 Å². The number of anilines is 1. The fourth-order valence-electron chi connectivity index (χ4n) is 2.68. The Labute approximate surface area is 130 Å². The summed E-state index contributed by atoms with van der Waals surface area (Å²) in [4.78, 5) is 12.9. The van der Waals surface area contributed by atoms with Crippen molar-refractivity contribution < 1.29 is 4.74 Å². The van der Waals surface area contributed by atoms with Crippen LogP contribution in [0.2, 0.25) is 0 Å². The highest BCUT2D eigenvalue weighted by molar-refractivity contribution is 5.35. The monoisotopic (exact) mass is 302 g/mol. The van der Waals surface area contributed by atoms with E-state index in [4.69, 9.17) is 4.74 Å². The number of hydrogen-bond donors (Lipinski definition) is 1. The third-order valence-electron chi connectivity index (χ3n) is 3.85. The first-order chi connectivity index (χ1) is 10.7. The second kappa shape index (κ2) is 6.83. The second-order valence-electron chi connectivity index (χ2n) is 5.60. The van der Waals surface area contributed by atoms with Gasteiger partial charge in [-0.1, -0.05) is 0 Å². The third-order valence-corrected chi connectivity index (χ3v) is 3.85. The minimum absolute atomic E-state index is 0.407. The van der Waals surface area contributed by atoms with E-state index in [1.807, 2.05) is 24.6 Å². The Hall–Kier alpha value is -2.02. The van der Waals surface area contributed by atoms with Gasteiger partial charge in [0.1, 0.15) is 23.8 Å². The number of ether oxygens (including phenoxy) is 1. The van der Waals surface area contributed by atoms with Crippen molar-refractivity contribution >= 4 is 5.82 Å². The SMILES string of the molecule is Cc1nc(C)n(CCCNc2cc([C@@H]3CCOC3)ncn2)n1. The summed E-state index contributed by atoms with van der Waals surface area (Å²) in [5.41, 5.74) is 1.07. The standard InChI is InChI=1S/C15H22N6O/c1-11-19-12(2)21(20-11)6-3-5-16-15-8-14(17-10-18-15)13-4-7-22-9-13/h8,10,13H,3-7,9H2,1-2H3,(H,16,17,18)/t13-/m1/s1. The summed E-state index contributed by atoms with van der Waals surface area (Å²) < 4.78 is 7.36. The Kier molecular flexibility index (Phi) is 4.62. The average Bonchev–Trinajstić information content (AvgIpc) is 3.14. The minimum Gasteiger partial charge on any atom is -0.381 e. The molecule has 0 unspecified atom stereocenters. The predicted molar refractivity (Wildman–Crippen MR) is 82.8 cm³/mol. The molecule has 1 aliphatic rings. The molecule has 22 heavy (non-hydrogen) atoms. The van der Waals surface area contributed by atoms with E-state index in [0.29, 0.717) is 5.92 Å². The number of hydrogen-bond acceptors (Lipinski definition) is 6. The third kappa shape index (κ3) is 3.59. The van der Waals surface area contributed by atoms with E-state index < -0.39 is 0 Å². The summed E-state index contributed by atoms with van der Waals surface area (Å²) in [7, 11) is 0. The Morgan fingerprint density at radius 1 is 1.36 bits per heavy atom. The lowest BCUT2D eigenvalue weighted by Crippen LogP contribution is -2.10. The lowest BCUT2D eigenvalue weighted by atomic mass is 10.1. The van der Waals surface area contributed by atoms with Crippen molar-refractivity contribution in [2.45, 2.75) is 39.2 Å². The lowest BCUT2D eigenvalue weighted by Gasteiger charge is -2.10. The van der Waals surface area contributed by atoms with Crippen LogP contribution >= 0.6 is 0 Å². The number of aryl methyl sites for hydroxylation is 3. The van der Waals surface area contributed by atoms with Crippen molar-refractivity contribution in [1.29, 1.82) is 0 Å². The molecule has 0 spiro atoms. The van der Waals surface area contributed by atoms with Crippen LogP contribution in [0.25, 0.3) is 0 Å². The maximum atomic E-state index is 5.42. The zero-order valence-corrected chi connectivity index (χ0v) is 13.1. The molecule has 0 aliphatic carbocycles. The molecule has 0 aromatic carbocycles. The van der Waals surface area contributed by atoms with Gasteiger partial charge in [-0.15, -0.1) is 0 Å². The normalized spacial score (nSPS) is 17.8. The zero-order chi connectivity index (χ0) is 15.4. The van der Waals surface area contributed by atoms with E-state index in [-0.39, 0.29) is 0 Å². The van der Waals surface area contributed by atoms with Gasteiger partial charge in [-0.3, -0.25) is 4.68 Å². The largest absolute Gasteiger partial charge is 0.381 e. The molecule has 1 saturated heterocycles. The van der Waals surface area contributed by atoms with E-state index in [0.717, 1.165) is 62.3 Å². The van der Waals surface area contributed by atoms with Gasteiger partial charge in [0.25, 0.3) is 0 Å². The zero-order valence-electron chi connectivity index (χ0n) is 13.1. The second-order valence-corrected chi connectivity index (χ2v) is 5.60. The van der Waals surface area contributed by atoms with E-state index >= 15 is 0 Å². The fourth-order valence-corrected chi connectivity index (χ4v) is 2.68. The highest BCUT2D eigenvalue weighted by Gasteiger charge is 2.19. The highest BCUT2D eigenvalue weighted by Crippen LogP contribution is 2.24. The van der Waals surface area contributed by atoms with Crippen LogP contribution in [0.3, 0.4) is 0 Å². The summed E-state index contributed by atoms with van der Waals surface area (Å²) in [6.45, 7) is 7.18. The quantitative estimate of drug-likeness (QED) is 0.818. The number of nitrogens with zero attached hydrogens (tertiary/aromatic N) is 5. The molecule has 1 atom stereocenters. The van der Waals surface area contributed by atoms with Gasteiger partial charge in [-0.25, -0.2) is 15.0 Å². The summed E-state index contributed by atoms with van der Waals surface area (Å²) in [5, 5.41) is 7.71. The molecule has 1 N–H and O–H groups in total. The van der Waals surface area contributed by atoms with E-state index in [1.54, 1.807) is 6.33 Å². The molecule has 0 saturated carbocycles. The minimum atomic E-state index is 0.407. The van der Waals surface area contributed by atoms with Gasteiger partial charge in [0.15, 0.2) is 0 Å². The Morgan fingerprint density at radius 3 is 3.00 bits per heavy atom. The highest BCUT2D eigenvalue weighted by atomic mass is 16.5. The van der Waals surface area contributed by atoms with Crippen molar-refractivity contribution in [3.05, 3.63) is 29.7 Å². The molecule has 118 valence electrons. The summed E-state index contributed by atoms with van der Waals surface area (Å²) in [6.07, 6.45) is 3.64. The topological polar surface area (TPSA) is 77.8 Å². The van der Waals surface area contributed by atoms with Crippen LogP contribution in [-0.2, 0) is 11.3 Å². The van der Waals surface area contributed by atoms with E-state index in [1.165, 1.54) is 0 Å². The van der Waals surface area contributed by atoms with Crippen molar-refractivity contribution in [1.82, 2.24) is 24.7 Å². The van der Waals surface area contributed by atoms with Crippen LogP contribution < -0.4 is 5.32 Å². The number of aromatic nitrogens is 5. The van der Waals surface area contributed by atoms with Crippen LogP contribution in [0, 0.1) is 13.8 Å². The van der Waals surface area contributed by atoms with Crippen LogP contribution in [0.4, 0.5) is 5.82 Å². The van der Waals surface area contributed by atoms with Crippen molar-refractivity contribution in [2.75, 3.05) is 25.1 Å². The molecule has 7 nitrogen and oxygen atoms in total. The molecule has 0 radical (unpaired) electrons. The smallest absolute Gasteiger partial charge is 0.147 e. The molecule has 2 aromatic heterocycles. The molecule has 3 rings (SSSR count). The molecule has 0 bridgehead atoms. The van der Waals surface area contributed by atoms with Gasteiger partial charge in [0, 0.05) is 31.7 Å². The fraction of sp³-hybridized carbons (Fsp3) is 0.600. The van der Waals surface area contributed by atoms with Crippen molar-refractivity contribution in [3.8, 4) is 0 Å². The summed E-state index contributed by atoms with van der Waals surface area (Å²) in [5.74, 6) is 3.07. The lowest BCUT2D eigenvalue weighted by molar-refractivity contribution is 0.193. The van der Waals surface area contributed by atoms with Crippen molar-refractivity contribution in [3.63, 3.8) is 0 Å². The number of rotatable bonds is 6.